The van der Waals surface area contributed by atoms with Crippen LogP contribution in [-0.2, 0) is 9.59 Å². The number of halogens is 1. The number of nitrogens with zero attached hydrogens (tertiary/aromatic N) is 3. The van der Waals surface area contributed by atoms with Crippen molar-refractivity contribution < 1.29 is 18.9 Å². The lowest BCUT2D eigenvalue weighted by Crippen LogP contribution is -2.48. The smallest absolute Gasteiger partial charge is 0.280 e. The van der Waals surface area contributed by atoms with Crippen molar-refractivity contribution in [2.75, 3.05) is 36.4 Å². The van der Waals surface area contributed by atoms with Gasteiger partial charge < -0.3 is 19.5 Å². The predicted molar refractivity (Wildman–Crippen MR) is 134 cm³/mol. The molecular weight excluding hydrogens is 472 g/mol. The van der Waals surface area contributed by atoms with Crippen LogP contribution < -0.4 is 10.2 Å². The fourth-order valence-electron chi connectivity index (χ4n) is 3.94. The standard InChI is InChI=1S/C25H23ClN4O5/c1-17(31)28-13-15-29(16-14-28)25-20(26)6-4-7-21(25)27-24(32)12-10-18-9-11-23(35-18)19-5-2-3-8-22(19)30(33)34/h2-12H,13-16H2,1H3,(H,27,32)/b12-10+. The van der Waals surface area contributed by atoms with E-state index in [1.54, 1.807) is 60.4 Å². The van der Waals surface area contributed by atoms with Gasteiger partial charge in [-0.2, -0.15) is 0 Å². The average Bonchev–Trinajstić information content (AvgIpc) is 3.32. The van der Waals surface area contributed by atoms with Gasteiger partial charge in [0, 0.05) is 45.2 Å². The number of carbonyl (C=O) groups is 2. The van der Waals surface area contributed by atoms with Gasteiger partial charge in [0.25, 0.3) is 5.69 Å². The van der Waals surface area contributed by atoms with Crippen molar-refractivity contribution >= 4 is 46.6 Å². The first-order valence-corrected chi connectivity index (χ1v) is 11.3. The fraction of sp³-hybridized carbons (Fsp3) is 0.200. The molecule has 2 heterocycles. The highest BCUT2D eigenvalue weighted by Crippen LogP contribution is 2.35. The zero-order valence-electron chi connectivity index (χ0n) is 18.9. The minimum Gasteiger partial charge on any atom is -0.456 e. The summed E-state index contributed by atoms with van der Waals surface area (Å²) in [4.78, 5) is 38.9. The van der Waals surface area contributed by atoms with E-state index in [2.05, 4.69) is 5.32 Å². The predicted octanol–water partition coefficient (Wildman–Crippen LogP) is 4.83. The molecule has 1 fully saturated rings. The third-order valence-electron chi connectivity index (χ3n) is 5.68. The number of anilines is 2. The van der Waals surface area contributed by atoms with Gasteiger partial charge in [-0.25, -0.2) is 0 Å². The van der Waals surface area contributed by atoms with Crippen LogP contribution in [0.4, 0.5) is 17.1 Å². The van der Waals surface area contributed by atoms with Crippen LogP contribution in [0, 0.1) is 10.1 Å². The number of furan rings is 1. The number of nitro benzene ring substituents is 1. The Labute approximate surface area is 206 Å². The Morgan fingerprint density at radius 3 is 2.51 bits per heavy atom. The highest BCUT2D eigenvalue weighted by molar-refractivity contribution is 6.34. The summed E-state index contributed by atoms with van der Waals surface area (Å²) in [7, 11) is 0. The molecular formula is C25H23ClN4O5. The molecule has 3 aromatic rings. The van der Waals surface area contributed by atoms with Gasteiger partial charge in [0.05, 0.1) is 26.9 Å². The SMILES string of the molecule is CC(=O)N1CCN(c2c(Cl)cccc2NC(=O)/C=C/c2ccc(-c3ccccc3[N+](=O)[O-])o2)CC1. The minimum atomic E-state index is -0.469. The number of nitro groups is 1. The van der Waals surface area contributed by atoms with Crippen molar-refractivity contribution in [3.8, 4) is 11.3 Å². The molecule has 1 aliphatic heterocycles. The topological polar surface area (TPSA) is 109 Å². The zero-order chi connectivity index (χ0) is 24.9. The number of hydrogen-bond donors (Lipinski definition) is 1. The lowest BCUT2D eigenvalue weighted by molar-refractivity contribution is -0.384. The molecule has 2 amide bonds. The van der Waals surface area contributed by atoms with Crippen molar-refractivity contribution in [2.24, 2.45) is 0 Å². The number of hydrogen-bond acceptors (Lipinski definition) is 6. The second-order valence-corrected chi connectivity index (χ2v) is 8.34. The Morgan fingerprint density at radius 1 is 1.06 bits per heavy atom. The van der Waals surface area contributed by atoms with Crippen LogP contribution in [0.15, 0.2) is 65.1 Å². The summed E-state index contributed by atoms with van der Waals surface area (Å²) in [6.07, 6.45) is 2.81. The van der Waals surface area contributed by atoms with Gasteiger partial charge in [-0.05, 0) is 36.4 Å². The summed E-state index contributed by atoms with van der Waals surface area (Å²) >= 11 is 6.46. The number of rotatable bonds is 6. The fourth-order valence-corrected chi connectivity index (χ4v) is 4.24. The summed E-state index contributed by atoms with van der Waals surface area (Å²) in [5.74, 6) is 0.351. The summed E-state index contributed by atoms with van der Waals surface area (Å²) in [5, 5.41) is 14.6. The number of amides is 2. The van der Waals surface area contributed by atoms with Gasteiger partial charge in [-0.1, -0.05) is 29.8 Å². The molecule has 1 aliphatic rings. The summed E-state index contributed by atoms with van der Waals surface area (Å²) in [6, 6.07) is 14.8. The molecule has 180 valence electrons. The lowest BCUT2D eigenvalue weighted by Gasteiger charge is -2.36. The molecule has 1 N–H and O–H groups in total. The molecule has 4 rings (SSSR count). The minimum absolute atomic E-state index is 0.0328. The maximum Gasteiger partial charge on any atom is 0.280 e. The van der Waals surface area contributed by atoms with E-state index in [4.69, 9.17) is 16.0 Å². The third-order valence-corrected chi connectivity index (χ3v) is 5.98. The van der Waals surface area contributed by atoms with E-state index < -0.39 is 4.92 Å². The highest BCUT2D eigenvalue weighted by Gasteiger charge is 2.23. The van der Waals surface area contributed by atoms with Crippen LogP contribution in [0.1, 0.15) is 12.7 Å². The third kappa shape index (κ3) is 5.52. The van der Waals surface area contributed by atoms with E-state index in [1.807, 2.05) is 4.90 Å². The zero-order valence-corrected chi connectivity index (χ0v) is 19.7. The molecule has 35 heavy (non-hydrogen) atoms. The van der Waals surface area contributed by atoms with Crippen LogP contribution in [0.25, 0.3) is 17.4 Å². The molecule has 1 saturated heterocycles. The van der Waals surface area contributed by atoms with Gasteiger partial charge in [-0.15, -0.1) is 0 Å². The Kier molecular flexibility index (Phi) is 7.17. The maximum atomic E-state index is 12.7. The summed E-state index contributed by atoms with van der Waals surface area (Å²) < 4.78 is 5.70. The molecule has 0 saturated carbocycles. The van der Waals surface area contributed by atoms with Crippen molar-refractivity contribution in [2.45, 2.75) is 6.92 Å². The second-order valence-electron chi connectivity index (χ2n) is 7.93. The number of carbonyl (C=O) groups excluding carboxylic acids is 2. The van der Waals surface area contributed by atoms with E-state index >= 15 is 0 Å². The number of benzene rings is 2. The molecule has 10 heteroatoms. The van der Waals surface area contributed by atoms with E-state index in [1.165, 1.54) is 18.2 Å². The van der Waals surface area contributed by atoms with Crippen LogP contribution in [-0.4, -0.2) is 47.8 Å². The Bertz CT molecular complexity index is 1290. The molecule has 9 nitrogen and oxygen atoms in total. The van der Waals surface area contributed by atoms with Crippen molar-refractivity contribution in [1.82, 2.24) is 4.90 Å². The number of para-hydroxylation sites is 2. The van der Waals surface area contributed by atoms with Gasteiger partial charge in [-0.3, -0.25) is 19.7 Å². The van der Waals surface area contributed by atoms with Crippen LogP contribution in [0.5, 0.6) is 0 Å². The number of piperazine rings is 1. The van der Waals surface area contributed by atoms with Gasteiger partial charge >= 0.3 is 0 Å². The first-order valence-electron chi connectivity index (χ1n) is 10.9. The average molecular weight is 495 g/mol. The summed E-state index contributed by atoms with van der Waals surface area (Å²) in [6.45, 7) is 3.90. The summed E-state index contributed by atoms with van der Waals surface area (Å²) in [5.41, 5.74) is 1.56. The van der Waals surface area contributed by atoms with Gasteiger partial charge in [0.2, 0.25) is 11.8 Å². The van der Waals surface area contributed by atoms with E-state index in [9.17, 15) is 19.7 Å². The first kappa shape index (κ1) is 24.0. The largest absolute Gasteiger partial charge is 0.456 e. The molecule has 0 atom stereocenters. The normalized spacial score (nSPS) is 13.8. The van der Waals surface area contributed by atoms with Gasteiger partial charge in [0.15, 0.2) is 0 Å². The monoisotopic (exact) mass is 494 g/mol. The molecule has 0 radical (unpaired) electrons. The molecule has 0 unspecified atom stereocenters. The Balaban J connectivity index is 1.47. The Hall–Kier alpha value is -4.11. The maximum absolute atomic E-state index is 12.7. The first-order chi connectivity index (χ1) is 16.8. The quantitative estimate of drug-likeness (QED) is 0.298. The van der Waals surface area contributed by atoms with E-state index in [-0.39, 0.29) is 17.5 Å². The van der Waals surface area contributed by atoms with Crippen LogP contribution in [0.3, 0.4) is 0 Å². The van der Waals surface area contributed by atoms with Crippen LogP contribution in [0.2, 0.25) is 5.02 Å². The van der Waals surface area contributed by atoms with Crippen molar-refractivity contribution in [1.29, 1.82) is 0 Å². The molecule has 1 aromatic heterocycles. The Morgan fingerprint density at radius 2 is 1.80 bits per heavy atom. The van der Waals surface area contributed by atoms with Crippen molar-refractivity contribution in [3.63, 3.8) is 0 Å². The molecule has 0 aliphatic carbocycles. The second kappa shape index (κ2) is 10.4. The molecule has 0 bridgehead atoms. The van der Waals surface area contributed by atoms with E-state index in [0.29, 0.717) is 59.7 Å². The van der Waals surface area contributed by atoms with Crippen LogP contribution >= 0.6 is 11.6 Å². The highest BCUT2D eigenvalue weighted by atomic mass is 35.5. The lowest BCUT2D eigenvalue weighted by atomic mass is 10.1. The van der Waals surface area contributed by atoms with E-state index in [0.717, 1.165) is 0 Å². The number of nitrogens with one attached hydrogen (secondary N) is 1. The van der Waals surface area contributed by atoms with Crippen molar-refractivity contribution in [3.05, 3.63) is 81.6 Å². The molecule has 0 spiro atoms. The van der Waals surface area contributed by atoms with Gasteiger partial charge in [0.1, 0.15) is 11.5 Å². The molecule has 2 aromatic carbocycles.